The number of ether oxygens (including phenoxy) is 2. The molecule has 0 bridgehead atoms. The summed E-state index contributed by atoms with van der Waals surface area (Å²) in [5.74, 6) is -0.650. The molecule has 0 spiro atoms. The molecule has 2 aromatic rings. The average Bonchev–Trinajstić information content (AvgIpc) is 2.96. The molecule has 0 aliphatic carbocycles. The van der Waals surface area contributed by atoms with E-state index in [1.54, 1.807) is 0 Å². The molecule has 4 nitrogen and oxygen atoms in total. The summed E-state index contributed by atoms with van der Waals surface area (Å²) in [7, 11) is 1.91. The van der Waals surface area contributed by atoms with Crippen LogP contribution in [0.1, 0.15) is 5.69 Å². The Morgan fingerprint density at radius 2 is 2.06 bits per heavy atom. The summed E-state index contributed by atoms with van der Waals surface area (Å²) in [6.07, 6.45) is 2.03. The smallest absolute Gasteiger partial charge is 0.223 e. The molecule has 1 saturated heterocycles. The topological polar surface area (TPSA) is 34.9 Å². The summed E-state index contributed by atoms with van der Waals surface area (Å²) in [4.78, 5) is 0. The van der Waals surface area contributed by atoms with E-state index in [4.69, 9.17) is 9.47 Å². The molecule has 1 N–H and O–H groups in total. The lowest BCUT2D eigenvalue weighted by molar-refractivity contribution is -0.164. The molecule has 3 heterocycles. The van der Waals surface area contributed by atoms with Gasteiger partial charge < -0.3 is 19.2 Å². The lowest BCUT2D eigenvalue weighted by atomic mass is 10.2. The number of nitrogens with zero attached hydrogens (tertiary/aromatic N) is 1. The van der Waals surface area contributed by atoms with E-state index < -0.39 is 5.79 Å². The van der Waals surface area contributed by atoms with Crippen molar-refractivity contribution in [2.45, 2.75) is 5.79 Å². The highest BCUT2D eigenvalue weighted by atomic mass is 16.7. The third-order valence-electron chi connectivity index (χ3n) is 3.12. The average molecular weight is 232 g/mol. The minimum absolute atomic E-state index is 0.641. The van der Waals surface area contributed by atoms with Gasteiger partial charge in [-0.3, -0.25) is 0 Å². The van der Waals surface area contributed by atoms with Crippen molar-refractivity contribution in [3.63, 3.8) is 0 Å². The van der Waals surface area contributed by atoms with Crippen LogP contribution in [0.5, 0.6) is 0 Å². The number of aromatic nitrogens is 1. The van der Waals surface area contributed by atoms with Gasteiger partial charge in [-0.25, -0.2) is 0 Å². The monoisotopic (exact) mass is 232 g/mol. The first-order chi connectivity index (χ1) is 8.36. The van der Waals surface area contributed by atoms with Crippen LogP contribution in [0, 0.1) is 0 Å². The molecule has 3 rings (SSSR count). The minimum Gasteiger partial charge on any atom is -0.341 e. The predicted molar refractivity (Wildman–Crippen MR) is 64.9 cm³/mol. The zero-order chi connectivity index (χ0) is 11.7. The van der Waals surface area contributed by atoms with Crippen LogP contribution < -0.4 is 5.32 Å². The quantitative estimate of drug-likeness (QED) is 0.867. The first-order valence-electron chi connectivity index (χ1n) is 5.85. The number of pyridine rings is 1. The van der Waals surface area contributed by atoms with Gasteiger partial charge in [0.25, 0.3) is 0 Å². The first kappa shape index (κ1) is 10.8. The van der Waals surface area contributed by atoms with E-state index in [-0.39, 0.29) is 0 Å². The van der Waals surface area contributed by atoms with Crippen LogP contribution in [0.3, 0.4) is 0 Å². The van der Waals surface area contributed by atoms with Crippen molar-refractivity contribution in [1.29, 1.82) is 0 Å². The fraction of sp³-hybridized carbons (Fsp3) is 0.385. The van der Waals surface area contributed by atoms with Gasteiger partial charge in [0, 0.05) is 11.7 Å². The third kappa shape index (κ3) is 1.65. The van der Waals surface area contributed by atoms with Gasteiger partial charge in [-0.1, -0.05) is 6.07 Å². The van der Waals surface area contributed by atoms with Gasteiger partial charge in [0.05, 0.1) is 25.5 Å². The van der Waals surface area contributed by atoms with Gasteiger partial charge in [0.15, 0.2) is 0 Å². The summed E-state index contributed by atoms with van der Waals surface area (Å²) >= 11 is 0. The lowest BCUT2D eigenvalue weighted by Gasteiger charge is -2.27. The van der Waals surface area contributed by atoms with E-state index in [1.807, 2.05) is 25.4 Å². The highest BCUT2D eigenvalue weighted by Crippen LogP contribution is 2.32. The van der Waals surface area contributed by atoms with Crippen molar-refractivity contribution in [1.82, 2.24) is 9.72 Å². The first-order valence-corrected chi connectivity index (χ1v) is 5.85. The highest BCUT2D eigenvalue weighted by Gasteiger charge is 2.40. The van der Waals surface area contributed by atoms with Crippen LogP contribution in [0.4, 0.5) is 0 Å². The molecule has 0 unspecified atom stereocenters. The minimum atomic E-state index is -0.650. The molecule has 4 heteroatoms. The maximum atomic E-state index is 5.83. The van der Waals surface area contributed by atoms with Crippen molar-refractivity contribution in [3.05, 3.63) is 42.2 Å². The molecular formula is C13H16N2O2. The van der Waals surface area contributed by atoms with E-state index in [9.17, 15) is 0 Å². The van der Waals surface area contributed by atoms with Gasteiger partial charge in [-0.15, -0.1) is 0 Å². The van der Waals surface area contributed by atoms with Crippen molar-refractivity contribution in [2.75, 3.05) is 26.8 Å². The largest absolute Gasteiger partial charge is 0.341 e. The van der Waals surface area contributed by atoms with Gasteiger partial charge in [-0.2, -0.15) is 0 Å². The molecule has 0 radical (unpaired) electrons. The Labute approximate surface area is 100 Å². The lowest BCUT2D eigenvalue weighted by Crippen LogP contribution is -2.38. The summed E-state index contributed by atoms with van der Waals surface area (Å²) in [5.41, 5.74) is 2.19. The maximum Gasteiger partial charge on any atom is 0.223 e. The second-order valence-corrected chi connectivity index (χ2v) is 4.19. The van der Waals surface area contributed by atoms with Crippen molar-refractivity contribution < 1.29 is 9.47 Å². The fourth-order valence-corrected chi connectivity index (χ4v) is 2.39. The van der Waals surface area contributed by atoms with E-state index >= 15 is 0 Å². The molecular weight excluding hydrogens is 216 g/mol. The van der Waals surface area contributed by atoms with Gasteiger partial charge in [0.2, 0.25) is 5.79 Å². The SMILES string of the molecule is CNCC1(c2ccc3ccccn23)OCCO1. The molecule has 1 aliphatic heterocycles. The van der Waals surface area contributed by atoms with E-state index in [1.165, 1.54) is 0 Å². The summed E-state index contributed by atoms with van der Waals surface area (Å²) in [6, 6.07) is 10.3. The number of fused-ring (bicyclic) bond motifs is 1. The van der Waals surface area contributed by atoms with E-state index in [0.717, 1.165) is 11.2 Å². The van der Waals surface area contributed by atoms with E-state index in [0.29, 0.717) is 19.8 Å². The van der Waals surface area contributed by atoms with Gasteiger partial charge in [0.1, 0.15) is 0 Å². The number of hydrogen-bond donors (Lipinski definition) is 1. The number of rotatable bonds is 3. The van der Waals surface area contributed by atoms with Crippen molar-refractivity contribution >= 4 is 5.52 Å². The Hall–Kier alpha value is -1.36. The molecule has 1 aliphatic rings. The van der Waals surface area contributed by atoms with Gasteiger partial charge in [-0.05, 0) is 31.3 Å². The molecule has 0 amide bonds. The Morgan fingerprint density at radius 3 is 2.82 bits per heavy atom. The predicted octanol–water partition coefficient (Wildman–Crippen LogP) is 1.36. The summed E-state index contributed by atoms with van der Waals surface area (Å²) < 4.78 is 13.8. The van der Waals surface area contributed by atoms with Crippen LogP contribution >= 0.6 is 0 Å². The molecule has 17 heavy (non-hydrogen) atoms. The molecule has 2 aromatic heterocycles. The second kappa shape index (κ2) is 4.14. The van der Waals surface area contributed by atoms with E-state index in [2.05, 4.69) is 27.9 Å². The Kier molecular flexibility index (Phi) is 2.63. The Bertz CT molecular complexity index is 515. The number of nitrogens with one attached hydrogen (secondary N) is 1. The molecule has 90 valence electrons. The van der Waals surface area contributed by atoms with Crippen LogP contribution in [-0.4, -0.2) is 31.2 Å². The molecule has 0 saturated carbocycles. The second-order valence-electron chi connectivity index (χ2n) is 4.19. The van der Waals surface area contributed by atoms with Gasteiger partial charge >= 0.3 is 0 Å². The summed E-state index contributed by atoms with van der Waals surface area (Å²) in [5, 5.41) is 3.14. The maximum absolute atomic E-state index is 5.83. The molecule has 1 fully saturated rings. The molecule has 0 atom stereocenters. The summed E-state index contributed by atoms with van der Waals surface area (Å²) in [6.45, 7) is 1.93. The third-order valence-corrected chi connectivity index (χ3v) is 3.12. The zero-order valence-electron chi connectivity index (χ0n) is 9.85. The van der Waals surface area contributed by atoms with Crippen LogP contribution in [0.15, 0.2) is 36.5 Å². The fourth-order valence-electron chi connectivity index (χ4n) is 2.39. The van der Waals surface area contributed by atoms with Crippen molar-refractivity contribution in [3.8, 4) is 0 Å². The van der Waals surface area contributed by atoms with Crippen LogP contribution in [0.2, 0.25) is 0 Å². The standard InChI is InChI=1S/C13H16N2O2/c1-14-10-13(16-8-9-17-13)12-6-5-11-4-2-3-7-15(11)12/h2-7,14H,8-10H2,1H3. The Morgan fingerprint density at radius 1 is 1.24 bits per heavy atom. The van der Waals surface area contributed by atoms with Crippen molar-refractivity contribution in [2.24, 2.45) is 0 Å². The van der Waals surface area contributed by atoms with Crippen LogP contribution in [-0.2, 0) is 15.3 Å². The number of hydrogen-bond acceptors (Lipinski definition) is 3. The molecule has 0 aromatic carbocycles. The normalized spacial score (nSPS) is 18.9. The Balaban J connectivity index is 2.12. The number of likely N-dealkylation sites (N-methyl/N-ethyl adjacent to an activating group) is 1. The zero-order valence-corrected chi connectivity index (χ0v) is 9.85. The van der Waals surface area contributed by atoms with Crippen LogP contribution in [0.25, 0.3) is 5.52 Å². The highest BCUT2D eigenvalue weighted by molar-refractivity contribution is 5.50.